The minimum atomic E-state index is -0.860. The molecule has 3 aromatic rings. The number of nitrogens with zero attached hydrogens (tertiary/aromatic N) is 1. The first-order valence-corrected chi connectivity index (χ1v) is 10.2. The van der Waals surface area contributed by atoms with E-state index in [9.17, 15) is 14.9 Å². The first-order valence-electron chi connectivity index (χ1n) is 10.2. The predicted octanol–water partition coefficient (Wildman–Crippen LogP) is 6.17. The number of hydrogen-bond acceptors (Lipinski definition) is 8. The molecule has 2 N–H and O–H groups in total. The number of ether oxygens (including phenoxy) is 3. The molecule has 0 saturated carbocycles. The van der Waals surface area contributed by atoms with Crippen molar-refractivity contribution in [2.75, 3.05) is 19.7 Å². The molecular formula is C25H26N2O6. The summed E-state index contributed by atoms with van der Waals surface area (Å²) in [7, 11) is 2.90. The van der Waals surface area contributed by atoms with Gasteiger partial charge in [-0.05, 0) is 35.5 Å². The van der Waals surface area contributed by atoms with Gasteiger partial charge in [0.1, 0.15) is 23.3 Å². The van der Waals surface area contributed by atoms with Gasteiger partial charge in [0.15, 0.2) is 0 Å². The first-order chi connectivity index (χ1) is 15.8. The van der Waals surface area contributed by atoms with E-state index in [1.165, 1.54) is 26.4 Å². The number of benzene rings is 3. The highest BCUT2D eigenvalue weighted by Gasteiger charge is 2.36. The summed E-state index contributed by atoms with van der Waals surface area (Å²) in [5.41, 5.74) is 2.58. The van der Waals surface area contributed by atoms with Gasteiger partial charge in [0.05, 0.1) is 36.2 Å². The summed E-state index contributed by atoms with van der Waals surface area (Å²) >= 11 is 0. The maximum Gasteiger partial charge on any atom is 0.338 e. The third kappa shape index (κ3) is 4.38. The molecule has 1 atom stereocenters. The van der Waals surface area contributed by atoms with Crippen LogP contribution >= 0.6 is 0 Å². The normalized spacial score (nSPS) is 12.0. The van der Waals surface area contributed by atoms with Gasteiger partial charge in [0.2, 0.25) is 0 Å². The number of anilines is 1. The van der Waals surface area contributed by atoms with Crippen LogP contribution in [0.3, 0.4) is 0 Å². The molecule has 1 unspecified atom stereocenters. The molecule has 3 rings (SSSR count). The number of nitroso groups, excluding NO2 is 1. The van der Waals surface area contributed by atoms with E-state index in [1.54, 1.807) is 42.5 Å². The Morgan fingerprint density at radius 3 is 2.36 bits per heavy atom. The Labute approximate surface area is 191 Å². The molecule has 0 saturated heterocycles. The second-order valence-electron chi connectivity index (χ2n) is 7.96. The van der Waals surface area contributed by atoms with Crippen molar-refractivity contribution in [1.82, 2.24) is 0 Å². The summed E-state index contributed by atoms with van der Waals surface area (Å²) in [6.07, 6.45) is 0.817. The molecule has 0 aliphatic rings. The van der Waals surface area contributed by atoms with Crippen LogP contribution in [-0.4, -0.2) is 25.4 Å². The van der Waals surface area contributed by atoms with E-state index in [4.69, 9.17) is 14.2 Å². The number of carbonyl (C=O) groups excluding carboxylic acids is 1. The van der Waals surface area contributed by atoms with Crippen LogP contribution in [0.2, 0.25) is 0 Å². The first kappa shape index (κ1) is 23.7. The molecule has 0 bridgehead atoms. The van der Waals surface area contributed by atoms with Crippen LogP contribution in [0.15, 0.2) is 66.4 Å². The van der Waals surface area contributed by atoms with Crippen molar-refractivity contribution in [2.24, 2.45) is 10.6 Å². The Morgan fingerprint density at radius 2 is 1.82 bits per heavy atom. The van der Waals surface area contributed by atoms with Gasteiger partial charge in [-0.2, -0.15) is 0 Å². The Kier molecular flexibility index (Phi) is 6.98. The number of nitrogens with one attached hydrogen (secondary N) is 1. The van der Waals surface area contributed by atoms with Gasteiger partial charge >= 0.3 is 5.97 Å². The Morgan fingerprint density at radius 1 is 1.12 bits per heavy atom. The molecule has 0 aromatic heterocycles. The smallest absolute Gasteiger partial charge is 0.338 e. The highest BCUT2D eigenvalue weighted by atomic mass is 16.5. The fraction of sp³-hybridized carbons (Fsp3) is 0.240. The van der Waals surface area contributed by atoms with E-state index < -0.39 is 17.5 Å². The molecule has 0 heterocycles. The maximum absolute atomic E-state index is 13.0. The number of hydrogen-bond donors (Lipinski definition) is 2. The van der Waals surface area contributed by atoms with Crippen LogP contribution < -0.4 is 15.0 Å². The minimum absolute atomic E-state index is 0.0746. The van der Waals surface area contributed by atoms with Crippen LogP contribution in [0.5, 0.6) is 11.5 Å². The van der Waals surface area contributed by atoms with Crippen LogP contribution in [0.25, 0.3) is 10.8 Å². The summed E-state index contributed by atoms with van der Waals surface area (Å²) in [4.78, 5) is 24.6. The van der Waals surface area contributed by atoms with Crippen LogP contribution in [0, 0.1) is 10.3 Å². The van der Waals surface area contributed by atoms with Crippen molar-refractivity contribution in [1.29, 1.82) is 0 Å². The molecular weight excluding hydrogens is 424 g/mol. The Hall–Kier alpha value is -3.91. The standard InChI is InChI=1S/C25H26N2O6/c1-6-25(2,3)23(33-24(28)15-10-8-7-9-11-15)16-14-19(31-4)20-17(26-29)12-13-18(27-30)21(20)22(16)32-5/h6-14,23,26,29H,1H2,2-5H3. The molecule has 0 aliphatic heterocycles. The number of fused-ring (bicyclic) bond motifs is 1. The van der Waals surface area contributed by atoms with Gasteiger partial charge in [0.25, 0.3) is 0 Å². The van der Waals surface area contributed by atoms with E-state index >= 15 is 0 Å². The Bertz CT molecular complexity index is 1190. The van der Waals surface area contributed by atoms with Gasteiger partial charge in [-0.3, -0.25) is 10.7 Å². The lowest BCUT2D eigenvalue weighted by molar-refractivity contribution is 0.00279. The van der Waals surface area contributed by atoms with Crippen LogP contribution in [-0.2, 0) is 4.74 Å². The van der Waals surface area contributed by atoms with E-state index in [2.05, 4.69) is 17.2 Å². The summed E-state index contributed by atoms with van der Waals surface area (Å²) in [5, 5.41) is 13.5. The summed E-state index contributed by atoms with van der Waals surface area (Å²) in [5.74, 6) is 0.0536. The van der Waals surface area contributed by atoms with Gasteiger partial charge in [-0.15, -0.1) is 11.5 Å². The topological polar surface area (TPSA) is 106 Å². The zero-order chi connectivity index (χ0) is 24.2. The molecule has 0 radical (unpaired) electrons. The molecule has 33 heavy (non-hydrogen) atoms. The van der Waals surface area contributed by atoms with E-state index in [-0.39, 0.29) is 11.4 Å². The summed E-state index contributed by atoms with van der Waals surface area (Å²) in [6.45, 7) is 7.63. The van der Waals surface area contributed by atoms with Crippen molar-refractivity contribution < 1.29 is 24.2 Å². The summed E-state index contributed by atoms with van der Waals surface area (Å²) < 4.78 is 17.3. The molecule has 0 aliphatic carbocycles. The lowest BCUT2D eigenvalue weighted by Crippen LogP contribution is -2.26. The zero-order valence-electron chi connectivity index (χ0n) is 18.9. The van der Waals surface area contributed by atoms with Crippen molar-refractivity contribution in [3.05, 3.63) is 77.2 Å². The third-order valence-corrected chi connectivity index (χ3v) is 5.57. The van der Waals surface area contributed by atoms with Gasteiger partial charge in [-0.1, -0.05) is 38.1 Å². The molecule has 8 nitrogen and oxygen atoms in total. The highest BCUT2D eigenvalue weighted by molar-refractivity contribution is 6.08. The second-order valence-corrected chi connectivity index (χ2v) is 7.96. The highest BCUT2D eigenvalue weighted by Crippen LogP contribution is 2.51. The lowest BCUT2D eigenvalue weighted by Gasteiger charge is -2.33. The van der Waals surface area contributed by atoms with E-state index in [0.29, 0.717) is 33.3 Å². The number of esters is 1. The van der Waals surface area contributed by atoms with Crippen molar-refractivity contribution in [3.8, 4) is 11.5 Å². The SMILES string of the molecule is C=CC(C)(C)C(OC(=O)c1ccccc1)c1cc(OC)c2c(NO)ccc(N=O)c2c1OC. The fourth-order valence-corrected chi connectivity index (χ4v) is 3.72. The van der Waals surface area contributed by atoms with Crippen LogP contribution in [0.4, 0.5) is 11.4 Å². The zero-order valence-corrected chi connectivity index (χ0v) is 18.9. The molecule has 0 amide bonds. The van der Waals surface area contributed by atoms with Gasteiger partial charge in [-0.25, -0.2) is 4.79 Å². The monoisotopic (exact) mass is 450 g/mol. The quantitative estimate of drug-likeness (QED) is 0.174. The average molecular weight is 450 g/mol. The molecule has 172 valence electrons. The van der Waals surface area contributed by atoms with Crippen molar-refractivity contribution in [3.63, 3.8) is 0 Å². The molecule has 8 heteroatoms. The van der Waals surface area contributed by atoms with Crippen molar-refractivity contribution >= 4 is 28.1 Å². The van der Waals surface area contributed by atoms with Crippen molar-refractivity contribution in [2.45, 2.75) is 20.0 Å². The Balaban J connectivity index is 2.34. The lowest BCUT2D eigenvalue weighted by atomic mass is 9.81. The largest absolute Gasteiger partial charge is 0.496 e. The van der Waals surface area contributed by atoms with Gasteiger partial charge < -0.3 is 14.2 Å². The summed E-state index contributed by atoms with van der Waals surface area (Å²) in [6, 6.07) is 13.2. The number of rotatable bonds is 9. The number of carbonyl (C=O) groups is 1. The molecule has 3 aromatic carbocycles. The predicted molar refractivity (Wildman–Crippen MR) is 126 cm³/mol. The third-order valence-electron chi connectivity index (χ3n) is 5.57. The van der Waals surface area contributed by atoms with E-state index in [1.807, 2.05) is 13.8 Å². The maximum atomic E-state index is 13.0. The number of methoxy groups -OCH3 is 2. The second kappa shape index (κ2) is 9.70. The molecule has 0 fully saturated rings. The van der Waals surface area contributed by atoms with E-state index in [0.717, 1.165) is 0 Å². The fourth-order valence-electron chi connectivity index (χ4n) is 3.72. The minimum Gasteiger partial charge on any atom is -0.496 e. The molecule has 0 spiro atoms. The van der Waals surface area contributed by atoms with Gasteiger partial charge in [0, 0.05) is 11.0 Å². The van der Waals surface area contributed by atoms with Crippen LogP contribution in [0.1, 0.15) is 35.9 Å². The average Bonchev–Trinajstić information content (AvgIpc) is 2.85.